The van der Waals surface area contributed by atoms with Gasteiger partial charge >= 0.3 is 23.9 Å². The molecule has 0 aliphatic carbocycles. The van der Waals surface area contributed by atoms with Crippen LogP contribution < -0.4 is 0 Å². The molecule has 0 aliphatic heterocycles. The van der Waals surface area contributed by atoms with Crippen LogP contribution in [0.15, 0.2) is 0 Å². The zero-order valence-corrected chi connectivity index (χ0v) is 38.1. The Morgan fingerprint density at radius 3 is 0.860 bits per heavy atom. The molecule has 0 aromatic carbocycles. The second-order valence-electron chi connectivity index (χ2n) is 16.8. The molecule has 336 valence electrons. The van der Waals surface area contributed by atoms with Crippen LogP contribution in [0.25, 0.3) is 0 Å². The van der Waals surface area contributed by atoms with Crippen molar-refractivity contribution in [2.24, 2.45) is 0 Å². The summed E-state index contributed by atoms with van der Waals surface area (Å²) < 4.78 is 22.5. The van der Waals surface area contributed by atoms with E-state index in [-0.39, 0.29) is 26.2 Å². The van der Waals surface area contributed by atoms with Gasteiger partial charge in [0, 0.05) is 6.42 Å². The summed E-state index contributed by atoms with van der Waals surface area (Å²) in [6, 6.07) is 0. The maximum Gasteiger partial charge on any atom is 0.351 e. The first-order valence-corrected chi connectivity index (χ1v) is 24.5. The first-order valence-electron chi connectivity index (χ1n) is 24.5. The van der Waals surface area contributed by atoms with E-state index in [0.717, 1.165) is 57.8 Å². The minimum absolute atomic E-state index is 0.0508. The zero-order valence-electron chi connectivity index (χ0n) is 38.1. The van der Waals surface area contributed by atoms with E-state index < -0.39 is 42.3 Å². The van der Waals surface area contributed by atoms with Crippen molar-refractivity contribution in [2.75, 3.05) is 19.8 Å². The Morgan fingerprint density at radius 2 is 0.579 bits per heavy atom. The van der Waals surface area contributed by atoms with Gasteiger partial charge in [-0.2, -0.15) is 0 Å². The minimum Gasteiger partial charge on any atom is -0.466 e. The maximum atomic E-state index is 13.8. The highest BCUT2D eigenvalue weighted by Gasteiger charge is 2.49. The number of hydrogen-bond acceptors (Lipinski definition) is 8. The van der Waals surface area contributed by atoms with Gasteiger partial charge in [0.2, 0.25) is 5.60 Å². The highest BCUT2D eigenvalue weighted by atomic mass is 16.6. The third-order valence-corrected chi connectivity index (χ3v) is 11.0. The molecule has 8 nitrogen and oxygen atoms in total. The number of esters is 4. The number of rotatable bonds is 44. The van der Waals surface area contributed by atoms with E-state index in [1.165, 1.54) is 148 Å². The third-order valence-electron chi connectivity index (χ3n) is 11.0. The molecule has 0 radical (unpaired) electrons. The predicted molar refractivity (Wildman–Crippen MR) is 235 cm³/mol. The van der Waals surface area contributed by atoms with Crippen molar-refractivity contribution >= 4 is 23.9 Å². The number of unbranched alkanes of at least 4 members (excludes halogenated alkanes) is 30. The molecule has 57 heavy (non-hydrogen) atoms. The van der Waals surface area contributed by atoms with E-state index >= 15 is 0 Å². The summed E-state index contributed by atoms with van der Waals surface area (Å²) in [5.74, 6) is -2.90. The van der Waals surface area contributed by atoms with Crippen LogP contribution in [0.3, 0.4) is 0 Å². The average Bonchev–Trinajstić information content (AvgIpc) is 3.19. The fraction of sp³-hybridized carbons (Fsp3) is 0.918. The lowest BCUT2D eigenvalue weighted by Crippen LogP contribution is -2.48. The lowest BCUT2D eigenvalue weighted by molar-refractivity contribution is -0.191. The topological polar surface area (TPSA) is 105 Å². The van der Waals surface area contributed by atoms with Crippen molar-refractivity contribution in [1.29, 1.82) is 0 Å². The maximum absolute atomic E-state index is 13.8. The molecule has 0 spiro atoms. The SMILES string of the molecule is CCCCCCCCCCCCCOC(=O)CC(CC(=O)OCCCCCCCCCCCCC)(OC(=O)CCC)C(=O)OCCCCCCCCCCCCC. The Bertz CT molecular complexity index is 892. The summed E-state index contributed by atoms with van der Waals surface area (Å²) in [5.41, 5.74) is -2.12. The smallest absolute Gasteiger partial charge is 0.351 e. The van der Waals surface area contributed by atoms with Gasteiger partial charge in [-0.05, 0) is 25.7 Å². The molecule has 0 saturated carbocycles. The molecule has 0 unspecified atom stereocenters. The molecule has 0 amide bonds. The molecule has 0 fully saturated rings. The lowest BCUT2D eigenvalue weighted by Gasteiger charge is -2.30. The number of carbonyl (C=O) groups is 4. The van der Waals surface area contributed by atoms with Crippen molar-refractivity contribution in [2.45, 2.75) is 271 Å². The van der Waals surface area contributed by atoms with E-state index in [9.17, 15) is 19.2 Å². The summed E-state index contributed by atoms with van der Waals surface area (Å²) in [4.78, 5) is 53.2. The van der Waals surface area contributed by atoms with Crippen LogP contribution in [-0.2, 0) is 38.1 Å². The van der Waals surface area contributed by atoms with Crippen molar-refractivity contribution < 1.29 is 38.1 Å². The monoisotopic (exact) mass is 809 g/mol. The normalized spacial score (nSPS) is 11.4. The molecular weight excluding hydrogens is 717 g/mol. The fourth-order valence-electron chi connectivity index (χ4n) is 7.33. The van der Waals surface area contributed by atoms with Crippen molar-refractivity contribution in [1.82, 2.24) is 0 Å². The molecule has 0 saturated heterocycles. The van der Waals surface area contributed by atoms with Crippen LogP contribution in [0.4, 0.5) is 0 Å². The van der Waals surface area contributed by atoms with Crippen LogP contribution >= 0.6 is 0 Å². The molecule has 0 heterocycles. The van der Waals surface area contributed by atoms with Gasteiger partial charge < -0.3 is 18.9 Å². The predicted octanol–water partition coefficient (Wildman–Crippen LogP) is 14.4. The van der Waals surface area contributed by atoms with Gasteiger partial charge in [-0.3, -0.25) is 14.4 Å². The first kappa shape index (κ1) is 54.9. The molecular formula is C49H92O8. The van der Waals surface area contributed by atoms with Gasteiger partial charge in [-0.1, -0.05) is 220 Å². The molecule has 0 aromatic rings. The Balaban J connectivity index is 5.11. The number of carbonyl (C=O) groups excluding carboxylic acids is 4. The van der Waals surface area contributed by atoms with Crippen LogP contribution in [-0.4, -0.2) is 49.3 Å². The van der Waals surface area contributed by atoms with E-state index in [4.69, 9.17) is 18.9 Å². The van der Waals surface area contributed by atoms with Gasteiger partial charge in [-0.25, -0.2) is 4.79 Å². The molecule has 0 N–H and O–H groups in total. The quantitative estimate of drug-likeness (QED) is 0.0340. The Kier molecular flexibility index (Phi) is 40.5. The van der Waals surface area contributed by atoms with Crippen molar-refractivity contribution in [3.63, 3.8) is 0 Å². The van der Waals surface area contributed by atoms with E-state index in [0.29, 0.717) is 12.8 Å². The summed E-state index contributed by atoms with van der Waals surface area (Å²) in [6.07, 6.45) is 38.1. The Morgan fingerprint density at radius 1 is 0.316 bits per heavy atom. The molecule has 0 aliphatic rings. The molecule has 0 atom stereocenters. The summed E-state index contributed by atoms with van der Waals surface area (Å²) >= 11 is 0. The lowest BCUT2D eigenvalue weighted by atomic mass is 9.94. The largest absolute Gasteiger partial charge is 0.466 e. The molecule has 0 rings (SSSR count). The standard InChI is InChI=1S/C49H92O8/c1-5-9-12-15-18-21-24-27-30-33-36-40-54-46(51)43-49(57-45(50)39-8-4,48(53)56-42-38-35-32-29-26-23-20-17-14-11-7-3)44-47(52)55-41-37-34-31-28-25-22-19-16-13-10-6-2/h5-44H2,1-4H3. The average molecular weight is 809 g/mol. The fourth-order valence-corrected chi connectivity index (χ4v) is 7.33. The van der Waals surface area contributed by atoms with Gasteiger partial charge in [0.15, 0.2) is 0 Å². The summed E-state index contributed by atoms with van der Waals surface area (Å²) in [5, 5.41) is 0. The first-order chi connectivity index (χ1) is 27.8. The van der Waals surface area contributed by atoms with Crippen molar-refractivity contribution in [3.8, 4) is 0 Å². The highest BCUT2D eigenvalue weighted by molar-refractivity contribution is 5.92. The second kappa shape index (κ2) is 42.0. The third kappa shape index (κ3) is 35.5. The van der Waals surface area contributed by atoms with E-state index in [2.05, 4.69) is 20.8 Å². The molecule has 0 bridgehead atoms. The van der Waals surface area contributed by atoms with Crippen LogP contribution in [0.1, 0.15) is 265 Å². The van der Waals surface area contributed by atoms with E-state index in [1.807, 2.05) is 6.92 Å². The number of ether oxygens (including phenoxy) is 4. The zero-order chi connectivity index (χ0) is 41.9. The van der Waals surface area contributed by atoms with Crippen molar-refractivity contribution in [3.05, 3.63) is 0 Å². The molecule has 0 aromatic heterocycles. The minimum atomic E-state index is -2.12. The second-order valence-corrected chi connectivity index (χ2v) is 16.8. The van der Waals surface area contributed by atoms with Crippen LogP contribution in [0, 0.1) is 0 Å². The summed E-state index contributed by atoms with van der Waals surface area (Å²) in [6.45, 7) is 9.10. The van der Waals surface area contributed by atoms with Crippen LogP contribution in [0.5, 0.6) is 0 Å². The number of hydrogen-bond donors (Lipinski definition) is 0. The Hall–Kier alpha value is -2.12. The van der Waals surface area contributed by atoms with Gasteiger partial charge in [-0.15, -0.1) is 0 Å². The van der Waals surface area contributed by atoms with Gasteiger partial charge in [0.05, 0.1) is 32.7 Å². The van der Waals surface area contributed by atoms with Gasteiger partial charge in [0.1, 0.15) is 0 Å². The highest BCUT2D eigenvalue weighted by Crippen LogP contribution is 2.27. The summed E-state index contributed by atoms with van der Waals surface area (Å²) in [7, 11) is 0. The molecule has 8 heteroatoms. The van der Waals surface area contributed by atoms with Gasteiger partial charge in [0.25, 0.3) is 0 Å². The Labute approximate surface area is 351 Å². The van der Waals surface area contributed by atoms with E-state index in [1.54, 1.807) is 0 Å². The van der Waals surface area contributed by atoms with Crippen LogP contribution in [0.2, 0.25) is 0 Å².